The summed E-state index contributed by atoms with van der Waals surface area (Å²) < 4.78 is 11.4. The zero-order valence-electron chi connectivity index (χ0n) is 20.0. The number of rotatable bonds is 9. The van der Waals surface area contributed by atoms with Crippen molar-refractivity contribution in [3.05, 3.63) is 35.5 Å². The fourth-order valence-electron chi connectivity index (χ4n) is 4.66. The molecule has 9 heteroatoms. The molecular weight excluding hydrogens is 454 g/mol. The van der Waals surface area contributed by atoms with Crippen molar-refractivity contribution >= 4 is 17.4 Å². The number of aliphatic hydroxyl groups excluding tert-OH is 1. The summed E-state index contributed by atoms with van der Waals surface area (Å²) in [7, 11) is 1.80. The number of nitrogens with zero attached hydrogens (tertiary/aromatic N) is 3. The van der Waals surface area contributed by atoms with E-state index in [2.05, 4.69) is 17.1 Å². The maximum Gasteiger partial charge on any atom is 0.161 e. The molecule has 0 aliphatic carbocycles. The Bertz CT molecular complexity index is 946. The lowest BCUT2D eigenvalue weighted by Crippen LogP contribution is -2.48. The van der Waals surface area contributed by atoms with Gasteiger partial charge in [-0.05, 0) is 51.3 Å². The van der Waals surface area contributed by atoms with Gasteiger partial charge in [-0.25, -0.2) is 9.97 Å². The minimum absolute atomic E-state index is 0.00554. The third-order valence-corrected chi connectivity index (χ3v) is 6.75. The Morgan fingerprint density at radius 3 is 2.94 bits per heavy atom. The zero-order chi connectivity index (χ0) is 24.1. The van der Waals surface area contributed by atoms with Crippen molar-refractivity contribution in [3.8, 4) is 17.1 Å². The van der Waals surface area contributed by atoms with Crippen LogP contribution in [-0.4, -0.2) is 79.1 Å². The molecule has 2 saturated heterocycles. The number of aliphatic hydroxyl groups is 1. The number of hydrogen-bond donors (Lipinski definition) is 3. The van der Waals surface area contributed by atoms with Crippen LogP contribution in [0.5, 0.6) is 5.75 Å². The number of benzene rings is 1. The lowest BCUT2D eigenvalue weighted by molar-refractivity contribution is 0.108. The molecule has 2 aliphatic heterocycles. The lowest BCUT2D eigenvalue weighted by atomic mass is 9.99. The van der Waals surface area contributed by atoms with Gasteiger partial charge in [-0.15, -0.1) is 11.6 Å². The van der Waals surface area contributed by atoms with Crippen LogP contribution in [0.3, 0.4) is 0 Å². The highest BCUT2D eigenvalue weighted by Crippen LogP contribution is 2.31. The molecule has 0 bridgehead atoms. The number of hydrogen-bond acceptors (Lipinski definition) is 8. The predicted molar refractivity (Wildman–Crippen MR) is 135 cm³/mol. The van der Waals surface area contributed by atoms with Crippen LogP contribution in [0, 0.1) is 12.8 Å². The predicted octanol–water partition coefficient (Wildman–Crippen LogP) is 2.13. The van der Waals surface area contributed by atoms with Crippen LogP contribution < -0.4 is 20.7 Å². The summed E-state index contributed by atoms with van der Waals surface area (Å²) in [6.45, 7) is 5.78. The summed E-state index contributed by atoms with van der Waals surface area (Å²) in [4.78, 5) is 12.2. The average Bonchev–Trinajstić information content (AvgIpc) is 3.32. The number of piperidine rings is 1. The highest BCUT2D eigenvalue weighted by Gasteiger charge is 2.28. The van der Waals surface area contributed by atoms with E-state index >= 15 is 0 Å². The Morgan fingerprint density at radius 1 is 1.35 bits per heavy atom. The second kappa shape index (κ2) is 11.6. The molecular formula is C25H36ClN5O3. The van der Waals surface area contributed by atoms with Crippen molar-refractivity contribution < 1.29 is 14.6 Å². The molecule has 3 heterocycles. The maximum atomic E-state index is 9.97. The Labute approximate surface area is 206 Å². The first-order valence-corrected chi connectivity index (χ1v) is 12.5. The van der Waals surface area contributed by atoms with Crippen molar-refractivity contribution in [2.45, 2.75) is 43.7 Å². The summed E-state index contributed by atoms with van der Waals surface area (Å²) >= 11 is 6.52. The molecule has 4 N–H and O–H groups in total. The Balaban J connectivity index is 1.65. The quantitative estimate of drug-likeness (QED) is 0.460. The van der Waals surface area contributed by atoms with Crippen molar-refractivity contribution in [1.29, 1.82) is 0 Å². The fourth-order valence-corrected chi connectivity index (χ4v) is 5.06. The second-order valence-electron chi connectivity index (χ2n) is 9.42. The molecule has 1 aromatic heterocycles. The van der Waals surface area contributed by atoms with Gasteiger partial charge in [-0.1, -0.05) is 12.1 Å². The van der Waals surface area contributed by atoms with Crippen LogP contribution in [0.4, 0.5) is 5.82 Å². The molecule has 2 aromatic rings. The number of anilines is 1. The molecule has 0 saturated carbocycles. The van der Waals surface area contributed by atoms with Crippen molar-refractivity contribution in [3.63, 3.8) is 0 Å². The Hall–Kier alpha value is -1.97. The maximum absolute atomic E-state index is 9.97. The fraction of sp³-hybridized carbons (Fsp3) is 0.600. The molecule has 0 amide bonds. The van der Waals surface area contributed by atoms with Gasteiger partial charge < -0.3 is 30.5 Å². The van der Waals surface area contributed by atoms with E-state index in [9.17, 15) is 5.11 Å². The van der Waals surface area contributed by atoms with E-state index < -0.39 is 6.10 Å². The largest absolute Gasteiger partial charge is 0.491 e. The second-order valence-corrected chi connectivity index (χ2v) is 10.0. The minimum Gasteiger partial charge on any atom is -0.491 e. The van der Waals surface area contributed by atoms with E-state index in [1.807, 2.05) is 24.3 Å². The molecule has 34 heavy (non-hydrogen) atoms. The Kier molecular flexibility index (Phi) is 8.60. The summed E-state index contributed by atoms with van der Waals surface area (Å²) in [6, 6.07) is 7.73. The molecule has 8 nitrogen and oxygen atoms in total. The number of likely N-dealkylation sites (N-methyl/N-ethyl adjacent to an activating group) is 1. The van der Waals surface area contributed by atoms with Gasteiger partial charge in [0.1, 0.15) is 24.3 Å². The molecule has 0 spiro atoms. The van der Waals surface area contributed by atoms with Gasteiger partial charge in [-0.2, -0.15) is 0 Å². The third-order valence-electron chi connectivity index (χ3n) is 6.43. The first-order valence-electron chi connectivity index (χ1n) is 12.1. The monoisotopic (exact) mass is 489 g/mol. The van der Waals surface area contributed by atoms with Gasteiger partial charge in [0.2, 0.25) is 0 Å². The SMILES string of the molecule is CNCC(O)COc1cccc(-c2nc(CC3CCOC3)c(C)c(N3CC(N)CC(Cl)C3)n2)c1. The highest BCUT2D eigenvalue weighted by molar-refractivity contribution is 6.21. The van der Waals surface area contributed by atoms with E-state index in [1.54, 1.807) is 7.05 Å². The molecule has 2 aliphatic rings. The third kappa shape index (κ3) is 6.37. The van der Waals surface area contributed by atoms with Crippen LogP contribution in [0.15, 0.2) is 24.3 Å². The summed E-state index contributed by atoms with van der Waals surface area (Å²) in [5, 5.41) is 12.9. The van der Waals surface area contributed by atoms with Crippen LogP contribution in [0.25, 0.3) is 11.4 Å². The molecule has 4 rings (SSSR count). The number of nitrogens with two attached hydrogens (primary N) is 1. The van der Waals surface area contributed by atoms with Crippen molar-refractivity contribution in [2.24, 2.45) is 11.7 Å². The van der Waals surface area contributed by atoms with Crippen molar-refractivity contribution in [2.75, 3.05) is 51.4 Å². The number of ether oxygens (including phenoxy) is 2. The van der Waals surface area contributed by atoms with Gasteiger partial charge in [-0.3, -0.25) is 0 Å². The van der Waals surface area contributed by atoms with E-state index in [-0.39, 0.29) is 18.0 Å². The van der Waals surface area contributed by atoms with Crippen LogP contribution in [0.1, 0.15) is 24.1 Å². The number of halogens is 1. The zero-order valence-corrected chi connectivity index (χ0v) is 20.8. The smallest absolute Gasteiger partial charge is 0.161 e. The average molecular weight is 490 g/mol. The van der Waals surface area contributed by atoms with E-state index in [1.165, 1.54) is 0 Å². The highest BCUT2D eigenvalue weighted by atomic mass is 35.5. The lowest BCUT2D eigenvalue weighted by Gasteiger charge is -2.35. The van der Waals surface area contributed by atoms with Gasteiger partial charge in [0, 0.05) is 55.7 Å². The Morgan fingerprint density at radius 2 is 2.21 bits per heavy atom. The first-order chi connectivity index (χ1) is 16.4. The molecule has 2 fully saturated rings. The van der Waals surface area contributed by atoms with Gasteiger partial charge in [0.15, 0.2) is 5.82 Å². The van der Waals surface area contributed by atoms with Crippen molar-refractivity contribution in [1.82, 2.24) is 15.3 Å². The number of alkyl halides is 1. The van der Waals surface area contributed by atoms with Crippen LogP contribution >= 0.6 is 11.6 Å². The molecule has 1 aromatic carbocycles. The van der Waals surface area contributed by atoms with E-state index in [0.29, 0.717) is 30.6 Å². The van der Waals surface area contributed by atoms with Gasteiger partial charge >= 0.3 is 0 Å². The molecule has 0 radical (unpaired) electrons. The molecule has 186 valence electrons. The van der Waals surface area contributed by atoms with E-state index in [4.69, 9.17) is 36.8 Å². The normalized spacial score (nSPS) is 23.8. The van der Waals surface area contributed by atoms with Gasteiger partial charge in [0.25, 0.3) is 0 Å². The molecule has 4 unspecified atom stereocenters. The van der Waals surface area contributed by atoms with Crippen LogP contribution in [0.2, 0.25) is 0 Å². The van der Waals surface area contributed by atoms with E-state index in [0.717, 1.165) is 61.7 Å². The molecule has 4 atom stereocenters. The number of nitrogens with one attached hydrogen (secondary N) is 1. The first kappa shape index (κ1) is 25.1. The number of aromatic nitrogens is 2. The standard InChI is InChI=1S/C25H36ClN5O3/c1-16-23(8-17-6-7-33-14-17)29-24(30-25(16)31-12-19(26)10-20(27)13-31)18-4-3-5-22(9-18)34-15-21(32)11-28-2/h3-5,9,17,19-21,28,32H,6-8,10-15,27H2,1-2H3. The summed E-state index contributed by atoms with van der Waals surface area (Å²) in [5.74, 6) is 2.68. The summed E-state index contributed by atoms with van der Waals surface area (Å²) in [6.07, 6.45) is 2.12. The topological polar surface area (TPSA) is 106 Å². The van der Waals surface area contributed by atoms with Gasteiger partial charge in [0.05, 0.1) is 5.38 Å². The van der Waals surface area contributed by atoms with Crippen LogP contribution in [-0.2, 0) is 11.2 Å². The minimum atomic E-state index is -0.581. The summed E-state index contributed by atoms with van der Waals surface area (Å²) in [5.41, 5.74) is 9.28.